The van der Waals surface area contributed by atoms with Crippen molar-refractivity contribution in [2.24, 2.45) is 11.3 Å². The monoisotopic (exact) mass is 690 g/mol. The van der Waals surface area contributed by atoms with Crippen LogP contribution < -0.4 is 24.8 Å². The number of halogens is 2. The molecule has 0 bridgehead atoms. The summed E-state index contributed by atoms with van der Waals surface area (Å²) in [5, 5.41) is 5.48. The first kappa shape index (κ1) is 39.4. The van der Waals surface area contributed by atoms with Gasteiger partial charge in [0.1, 0.15) is 0 Å². The smallest absolute Gasteiger partial charge is 1.00 e. The van der Waals surface area contributed by atoms with Crippen LogP contribution in [0.3, 0.4) is 0 Å². The van der Waals surface area contributed by atoms with Gasteiger partial charge in [-0.05, 0) is 10.8 Å². The summed E-state index contributed by atoms with van der Waals surface area (Å²) in [4.78, 5) is 0. The molecule has 43 heavy (non-hydrogen) atoms. The maximum atomic E-state index is 3.40. The van der Waals surface area contributed by atoms with Gasteiger partial charge in [-0.3, -0.25) is 6.08 Å². The van der Waals surface area contributed by atoms with Crippen molar-refractivity contribution in [3.63, 3.8) is 0 Å². The second kappa shape index (κ2) is 15.6. The van der Waals surface area contributed by atoms with Gasteiger partial charge in [-0.15, -0.1) is 39.7 Å². The zero-order chi connectivity index (χ0) is 30.8. The molecule has 3 heteroatoms. The van der Waals surface area contributed by atoms with Crippen LogP contribution in [-0.4, -0.2) is 3.71 Å². The Bertz CT molecular complexity index is 1490. The van der Waals surface area contributed by atoms with Gasteiger partial charge in [0.25, 0.3) is 0 Å². The van der Waals surface area contributed by atoms with Crippen molar-refractivity contribution in [1.82, 2.24) is 0 Å². The molecule has 0 fully saturated rings. The molecule has 1 atom stereocenters. The summed E-state index contributed by atoms with van der Waals surface area (Å²) >= 11 is 1.47. The number of hydrogen-bond acceptors (Lipinski definition) is 0. The van der Waals surface area contributed by atoms with Gasteiger partial charge in [-0.1, -0.05) is 123 Å². The van der Waals surface area contributed by atoms with Gasteiger partial charge in [-0.25, -0.2) is 5.57 Å². The number of aryl methyl sites for hydroxylation is 1. The molecule has 0 amide bonds. The Morgan fingerprint density at radius 2 is 1.12 bits per heavy atom. The van der Waals surface area contributed by atoms with E-state index in [0.29, 0.717) is 11.3 Å². The van der Waals surface area contributed by atoms with Gasteiger partial charge < -0.3 is 24.8 Å². The van der Waals surface area contributed by atoms with E-state index >= 15 is 0 Å². The molecule has 0 aromatic heterocycles. The van der Waals surface area contributed by atoms with Gasteiger partial charge in [0.05, 0.1) is 0 Å². The van der Waals surface area contributed by atoms with Crippen molar-refractivity contribution in [2.75, 3.05) is 0 Å². The van der Waals surface area contributed by atoms with E-state index in [1.165, 1.54) is 79.2 Å². The van der Waals surface area contributed by atoms with Crippen molar-refractivity contribution in [3.05, 3.63) is 112 Å². The molecule has 4 aromatic rings. The quantitative estimate of drug-likeness (QED) is 0.236. The Hall–Kier alpha value is -1.66. The average molecular weight is 693 g/mol. The molecule has 0 aliphatic heterocycles. The third kappa shape index (κ3) is 10.7. The Kier molecular flexibility index (Phi) is 14.2. The van der Waals surface area contributed by atoms with Crippen molar-refractivity contribution in [3.8, 4) is 0 Å². The zero-order valence-electron chi connectivity index (χ0n) is 28.3. The van der Waals surface area contributed by atoms with Gasteiger partial charge in [0.15, 0.2) is 0 Å². The molecule has 230 valence electrons. The first-order chi connectivity index (χ1) is 18.9. The van der Waals surface area contributed by atoms with Crippen molar-refractivity contribution in [1.29, 1.82) is 0 Å². The van der Waals surface area contributed by atoms with Crippen LogP contribution in [0.1, 0.15) is 98.4 Å². The molecule has 1 unspecified atom stereocenters. The number of allylic oxidation sites excluding steroid dienone is 4. The number of hydrogen-bond donors (Lipinski definition) is 0. The molecule has 0 N–H and O–H groups in total. The van der Waals surface area contributed by atoms with Crippen LogP contribution in [0.15, 0.2) is 84.0 Å². The Labute approximate surface area is 290 Å². The van der Waals surface area contributed by atoms with Crippen LogP contribution in [0.4, 0.5) is 0 Å². The summed E-state index contributed by atoms with van der Waals surface area (Å²) < 4.78 is 2.19. The number of fused-ring (bicyclic) bond motifs is 3. The van der Waals surface area contributed by atoms with Gasteiger partial charge in [0, 0.05) is 0 Å². The molecular weight excluding hydrogens is 643 g/mol. The molecule has 0 nitrogen and oxygen atoms in total. The van der Waals surface area contributed by atoms with Gasteiger partial charge >= 0.3 is 70.3 Å². The van der Waals surface area contributed by atoms with E-state index in [-0.39, 0.29) is 35.6 Å². The SMILES string of the molecule is CC(C)(C)c1ccc2c(c1)[cH-]c1cc(C(C)(C)C)ccc12.CC1=[C-]C(C)C=C1C(C)(C)C.Cc1ccc([CH]=[Zr+2])cc1.[Cl-].[Cl-]. The average Bonchev–Trinajstić information content (AvgIpc) is 3.42. The van der Waals surface area contributed by atoms with Gasteiger partial charge in [-0.2, -0.15) is 11.6 Å². The maximum absolute atomic E-state index is 3.40. The minimum absolute atomic E-state index is 0. The molecule has 0 radical (unpaired) electrons. The minimum Gasteiger partial charge on any atom is -1.00 e. The van der Waals surface area contributed by atoms with Crippen molar-refractivity contribution < 1.29 is 49.0 Å². The summed E-state index contributed by atoms with van der Waals surface area (Å²) in [6.45, 7) is 26.8. The minimum atomic E-state index is 0. The van der Waals surface area contributed by atoms with Crippen LogP contribution in [0.2, 0.25) is 0 Å². The van der Waals surface area contributed by atoms with Crippen LogP contribution in [0, 0.1) is 24.3 Å². The standard InChI is InChI=1S/C21H25.C11H17.C8H8.2ClH.Zr/c1-20(2,3)16-7-9-18-14(12-16)11-15-13-17(21(4,5)6)8-10-19(15)18;1-8-6-9(2)10(7-8)11(3,4)5;1-7-3-5-8(2)6-4-7;;;/h7-13H,1-6H3;7-8H,1-5H3;1,3-6H,2H3;2*1H;/q2*-1;;;;+2/p-2. The first-order valence-electron chi connectivity index (χ1n) is 14.9. The normalized spacial score (nSPS) is 14.8. The maximum Gasteiger partial charge on any atom is -1.00 e. The van der Waals surface area contributed by atoms with E-state index in [1.807, 2.05) is 0 Å². The fourth-order valence-electron chi connectivity index (χ4n) is 5.27. The van der Waals surface area contributed by atoms with Crippen LogP contribution in [-0.2, 0) is 35.1 Å². The van der Waals surface area contributed by atoms with E-state index < -0.39 is 0 Å². The Morgan fingerprint density at radius 1 is 0.674 bits per heavy atom. The number of rotatable bonds is 1. The second-order valence-electron chi connectivity index (χ2n) is 14.7. The summed E-state index contributed by atoms with van der Waals surface area (Å²) in [6.07, 6.45) is 5.71. The molecule has 5 rings (SSSR count). The Morgan fingerprint density at radius 3 is 1.42 bits per heavy atom. The van der Waals surface area contributed by atoms with E-state index in [0.717, 1.165) is 0 Å². The summed E-state index contributed by atoms with van der Waals surface area (Å²) in [6, 6.07) is 24.7. The topological polar surface area (TPSA) is 0 Å². The molecule has 1 aliphatic rings. The van der Waals surface area contributed by atoms with E-state index in [4.69, 9.17) is 0 Å². The van der Waals surface area contributed by atoms with E-state index in [1.54, 1.807) is 0 Å². The van der Waals surface area contributed by atoms with Crippen molar-refractivity contribution >= 4 is 25.3 Å². The molecule has 4 aromatic carbocycles. The molecule has 1 aliphatic carbocycles. The molecule has 0 saturated heterocycles. The van der Waals surface area contributed by atoms with E-state index in [9.17, 15) is 0 Å². The van der Waals surface area contributed by atoms with Crippen LogP contribution >= 0.6 is 0 Å². The first-order valence-corrected chi connectivity index (χ1v) is 16.4. The van der Waals surface area contributed by atoms with E-state index in [2.05, 4.69) is 166 Å². The van der Waals surface area contributed by atoms with Crippen molar-refractivity contribution in [2.45, 2.75) is 93.9 Å². The van der Waals surface area contributed by atoms with Crippen LogP contribution in [0.25, 0.3) is 21.5 Å². The third-order valence-corrected chi connectivity index (χ3v) is 8.57. The largest absolute Gasteiger partial charge is 1.00 e. The predicted molar refractivity (Wildman–Crippen MR) is 180 cm³/mol. The number of benzene rings is 3. The third-order valence-electron chi connectivity index (χ3n) is 7.75. The molecule has 0 spiro atoms. The van der Waals surface area contributed by atoms with Gasteiger partial charge in [0.2, 0.25) is 0 Å². The summed E-state index contributed by atoms with van der Waals surface area (Å²) in [5.41, 5.74) is 8.97. The fourth-order valence-corrected chi connectivity index (χ4v) is 5.74. The predicted octanol–water partition coefficient (Wildman–Crippen LogP) is 5.37. The molecular formula is C40H50Cl2Zr-2. The second-order valence-corrected chi connectivity index (χ2v) is 15.4. The Balaban J connectivity index is 0.000000356. The fraction of sp³-hybridized carbons (Fsp3) is 0.400. The van der Waals surface area contributed by atoms with Crippen LogP contribution in [0.5, 0.6) is 0 Å². The molecule has 0 heterocycles. The molecule has 0 saturated carbocycles. The zero-order valence-corrected chi connectivity index (χ0v) is 32.3. The summed E-state index contributed by atoms with van der Waals surface area (Å²) in [7, 11) is 0. The summed E-state index contributed by atoms with van der Waals surface area (Å²) in [5.74, 6) is 0.518.